The van der Waals surface area contributed by atoms with Crippen molar-refractivity contribution in [3.8, 4) is 16.9 Å². The number of halogens is 1. The number of benzene rings is 1. The predicted octanol–water partition coefficient (Wildman–Crippen LogP) is 1.78. The molecule has 0 saturated carbocycles. The zero-order valence-corrected chi connectivity index (χ0v) is 9.22. The van der Waals surface area contributed by atoms with Crippen LogP contribution in [0.1, 0.15) is 5.82 Å². The maximum atomic E-state index is 13.3. The lowest BCUT2D eigenvalue weighted by Crippen LogP contribution is -1.94. The van der Waals surface area contributed by atoms with Crippen molar-refractivity contribution < 1.29 is 14.2 Å². The van der Waals surface area contributed by atoms with Crippen molar-refractivity contribution in [1.29, 1.82) is 0 Å². The van der Waals surface area contributed by atoms with E-state index >= 15 is 0 Å². The smallest absolute Gasteiger partial charge is 0.153 e. The third-order valence-corrected chi connectivity index (χ3v) is 2.29. The quantitative estimate of drug-likeness (QED) is 0.879. The molecule has 2 aromatic rings. The Balaban J connectivity index is 2.41. The Bertz CT molecular complexity index is 514. The molecule has 17 heavy (non-hydrogen) atoms. The molecule has 0 amide bonds. The maximum Gasteiger partial charge on any atom is 0.153 e. The molecule has 0 saturated heterocycles. The summed E-state index contributed by atoms with van der Waals surface area (Å²) in [6.45, 7) is -0.216. The summed E-state index contributed by atoms with van der Waals surface area (Å²) in [7, 11) is 1.48. The average Bonchev–Trinajstić information content (AvgIpc) is 2.38. The van der Waals surface area contributed by atoms with E-state index in [0.717, 1.165) is 0 Å². The zero-order chi connectivity index (χ0) is 12.3. The van der Waals surface area contributed by atoms with Crippen LogP contribution in [-0.4, -0.2) is 22.2 Å². The molecular formula is C12H11FN2O2. The van der Waals surface area contributed by atoms with E-state index in [1.165, 1.54) is 31.6 Å². The van der Waals surface area contributed by atoms with Crippen molar-refractivity contribution in [3.05, 3.63) is 42.2 Å². The third-order valence-electron chi connectivity index (χ3n) is 2.29. The van der Waals surface area contributed by atoms with Crippen LogP contribution in [0.15, 0.2) is 30.6 Å². The van der Waals surface area contributed by atoms with Gasteiger partial charge in [-0.25, -0.2) is 14.4 Å². The number of nitrogens with zero attached hydrogens (tertiary/aromatic N) is 2. The highest BCUT2D eigenvalue weighted by molar-refractivity contribution is 5.63. The number of ether oxygens (including phenoxy) is 1. The molecule has 0 bridgehead atoms. The number of rotatable bonds is 3. The first-order valence-corrected chi connectivity index (χ1v) is 4.99. The number of hydrogen-bond donors (Lipinski definition) is 1. The highest BCUT2D eigenvalue weighted by atomic mass is 19.1. The van der Waals surface area contributed by atoms with E-state index in [0.29, 0.717) is 22.7 Å². The fraction of sp³-hybridized carbons (Fsp3) is 0.167. The molecule has 4 nitrogen and oxygen atoms in total. The van der Waals surface area contributed by atoms with E-state index in [4.69, 9.17) is 9.84 Å². The topological polar surface area (TPSA) is 55.2 Å². The van der Waals surface area contributed by atoms with Gasteiger partial charge >= 0.3 is 0 Å². The van der Waals surface area contributed by atoms with Crippen LogP contribution in [0, 0.1) is 5.82 Å². The molecule has 0 aliphatic heterocycles. The van der Waals surface area contributed by atoms with Crippen LogP contribution in [-0.2, 0) is 6.61 Å². The van der Waals surface area contributed by atoms with Crippen LogP contribution in [0.2, 0.25) is 0 Å². The van der Waals surface area contributed by atoms with Crippen molar-refractivity contribution in [1.82, 2.24) is 9.97 Å². The van der Waals surface area contributed by atoms with Crippen LogP contribution in [0.5, 0.6) is 5.75 Å². The fourth-order valence-corrected chi connectivity index (χ4v) is 1.43. The van der Waals surface area contributed by atoms with Crippen molar-refractivity contribution in [3.63, 3.8) is 0 Å². The number of aliphatic hydroxyl groups excluding tert-OH is 1. The summed E-state index contributed by atoms with van der Waals surface area (Å²) in [5, 5.41) is 8.82. The zero-order valence-electron chi connectivity index (χ0n) is 9.22. The summed E-state index contributed by atoms with van der Waals surface area (Å²) in [6, 6.07) is 4.37. The Morgan fingerprint density at radius 1 is 1.18 bits per heavy atom. The molecule has 88 valence electrons. The Hall–Kier alpha value is -2.01. The van der Waals surface area contributed by atoms with Crippen LogP contribution in [0.25, 0.3) is 11.1 Å². The second-order valence-corrected chi connectivity index (χ2v) is 3.43. The molecule has 0 spiro atoms. The van der Waals surface area contributed by atoms with E-state index in [9.17, 15) is 4.39 Å². The standard InChI is InChI=1S/C12H11FN2O2/c1-17-11-3-8(2-10(13)4-11)9-5-14-12(7-16)15-6-9/h2-6,16H,7H2,1H3. The monoisotopic (exact) mass is 234 g/mol. The van der Waals surface area contributed by atoms with Gasteiger partial charge in [-0.05, 0) is 17.7 Å². The molecule has 0 atom stereocenters. The summed E-state index contributed by atoms with van der Waals surface area (Å²) in [4.78, 5) is 7.87. The van der Waals surface area contributed by atoms with Crippen LogP contribution in [0.4, 0.5) is 4.39 Å². The normalized spacial score (nSPS) is 10.3. The molecule has 2 rings (SSSR count). The summed E-state index contributed by atoms with van der Waals surface area (Å²) in [5.74, 6) is 0.383. The lowest BCUT2D eigenvalue weighted by atomic mass is 10.1. The fourth-order valence-electron chi connectivity index (χ4n) is 1.43. The summed E-state index contributed by atoms with van der Waals surface area (Å²) >= 11 is 0. The number of methoxy groups -OCH3 is 1. The Morgan fingerprint density at radius 2 is 1.88 bits per heavy atom. The SMILES string of the molecule is COc1cc(F)cc(-c2cnc(CO)nc2)c1. The van der Waals surface area contributed by atoms with Gasteiger partial charge in [0.2, 0.25) is 0 Å². The van der Waals surface area contributed by atoms with Crippen molar-refractivity contribution in [2.45, 2.75) is 6.61 Å². The molecule has 0 fully saturated rings. The molecule has 0 aliphatic rings. The molecule has 1 aromatic carbocycles. The average molecular weight is 234 g/mol. The number of aromatic nitrogens is 2. The second kappa shape index (κ2) is 4.88. The molecule has 5 heteroatoms. The maximum absolute atomic E-state index is 13.3. The van der Waals surface area contributed by atoms with Gasteiger partial charge in [0.15, 0.2) is 5.82 Å². The first-order valence-electron chi connectivity index (χ1n) is 4.99. The third kappa shape index (κ3) is 2.57. The predicted molar refractivity (Wildman–Crippen MR) is 59.9 cm³/mol. The van der Waals surface area contributed by atoms with Gasteiger partial charge in [0, 0.05) is 24.0 Å². The van der Waals surface area contributed by atoms with Crippen LogP contribution >= 0.6 is 0 Å². The molecule has 1 aromatic heterocycles. The lowest BCUT2D eigenvalue weighted by molar-refractivity contribution is 0.271. The minimum Gasteiger partial charge on any atom is -0.497 e. The second-order valence-electron chi connectivity index (χ2n) is 3.43. The Labute approximate surface area is 97.7 Å². The number of aliphatic hydroxyl groups is 1. The van der Waals surface area contributed by atoms with E-state index in [-0.39, 0.29) is 12.4 Å². The van der Waals surface area contributed by atoms with Gasteiger partial charge in [0.1, 0.15) is 18.2 Å². The van der Waals surface area contributed by atoms with E-state index < -0.39 is 0 Å². The van der Waals surface area contributed by atoms with Gasteiger partial charge in [0.05, 0.1) is 7.11 Å². The van der Waals surface area contributed by atoms with Crippen molar-refractivity contribution in [2.75, 3.05) is 7.11 Å². The summed E-state index contributed by atoms with van der Waals surface area (Å²) in [6.07, 6.45) is 3.07. The molecule has 0 aliphatic carbocycles. The van der Waals surface area contributed by atoms with Crippen molar-refractivity contribution >= 4 is 0 Å². The molecule has 1 heterocycles. The van der Waals surface area contributed by atoms with Gasteiger partial charge in [-0.3, -0.25) is 0 Å². The Morgan fingerprint density at radius 3 is 2.47 bits per heavy atom. The van der Waals surface area contributed by atoms with Gasteiger partial charge < -0.3 is 9.84 Å². The summed E-state index contributed by atoms with van der Waals surface area (Å²) < 4.78 is 18.3. The summed E-state index contributed by atoms with van der Waals surface area (Å²) in [5.41, 5.74) is 1.30. The van der Waals surface area contributed by atoms with Gasteiger partial charge in [-0.15, -0.1) is 0 Å². The van der Waals surface area contributed by atoms with Crippen LogP contribution in [0.3, 0.4) is 0 Å². The molecule has 1 N–H and O–H groups in total. The van der Waals surface area contributed by atoms with Gasteiger partial charge in [-0.2, -0.15) is 0 Å². The van der Waals surface area contributed by atoms with E-state index in [1.807, 2.05) is 0 Å². The van der Waals surface area contributed by atoms with Gasteiger partial charge in [0.25, 0.3) is 0 Å². The highest BCUT2D eigenvalue weighted by Gasteiger charge is 2.04. The molecule has 0 unspecified atom stereocenters. The minimum absolute atomic E-state index is 0.216. The van der Waals surface area contributed by atoms with E-state index in [2.05, 4.69) is 9.97 Å². The first kappa shape index (κ1) is 11.5. The first-order chi connectivity index (χ1) is 8.22. The number of hydrogen-bond acceptors (Lipinski definition) is 4. The minimum atomic E-state index is -0.384. The highest BCUT2D eigenvalue weighted by Crippen LogP contribution is 2.24. The lowest BCUT2D eigenvalue weighted by Gasteiger charge is -2.05. The van der Waals surface area contributed by atoms with Gasteiger partial charge in [-0.1, -0.05) is 0 Å². The molecular weight excluding hydrogens is 223 g/mol. The van der Waals surface area contributed by atoms with Crippen molar-refractivity contribution in [2.24, 2.45) is 0 Å². The Kier molecular flexibility index (Phi) is 3.30. The van der Waals surface area contributed by atoms with Crippen LogP contribution < -0.4 is 4.74 Å². The molecule has 0 radical (unpaired) electrons. The van der Waals surface area contributed by atoms with E-state index in [1.54, 1.807) is 6.07 Å². The largest absolute Gasteiger partial charge is 0.497 e.